The van der Waals surface area contributed by atoms with E-state index in [4.69, 9.17) is 21.3 Å². The van der Waals surface area contributed by atoms with Gasteiger partial charge in [0.2, 0.25) is 0 Å². The standard InChI is InChI=1S/C23H26ClN3O2/c1-15-4-9-19-20(14-15)26-21(25-19)16-10-12-27(13-11-16)22(28)23(2,3)29-18-7-5-17(24)6-8-18/h4-9,14,16H,10-13H2,1-3H3,(H,25,26). The first-order valence-electron chi connectivity index (χ1n) is 10.0. The molecule has 152 valence electrons. The summed E-state index contributed by atoms with van der Waals surface area (Å²) in [5.41, 5.74) is 2.37. The van der Waals surface area contributed by atoms with Gasteiger partial charge < -0.3 is 14.6 Å². The number of nitrogens with one attached hydrogen (secondary N) is 1. The fourth-order valence-electron chi connectivity index (χ4n) is 3.91. The van der Waals surface area contributed by atoms with Crippen LogP contribution in [0.4, 0.5) is 0 Å². The van der Waals surface area contributed by atoms with Gasteiger partial charge in [-0.15, -0.1) is 0 Å². The van der Waals surface area contributed by atoms with Crippen molar-refractivity contribution in [2.75, 3.05) is 13.1 Å². The number of benzene rings is 2. The number of aromatic amines is 1. The maximum Gasteiger partial charge on any atom is 0.266 e. The summed E-state index contributed by atoms with van der Waals surface area (Å²) in [5.74, 6) is 2.01. The molecule has 1 N–H and O–H groups in total. The molecule has 2 heterocycles. The Labute approximate surface area is 176 Å². The molecule has 1 amide bonds. The fourth-order valence-corrected chi connectivity index (χ4v) is 4.04. The molecule has 0 bridgehead atoms. The zero-order valence-electron chi connectivity index (χ0n) is 17.0. The van der Waals surface area contributed by atoms with Crippen LogP contribution in [0, 0.1) is 6.92 Å². The van der Waals surface area contributed by atoms with Crippen LogP contribution in [0.5, 0.6) is 5.75 Å². The SMILES string of the molecule is Cc1ccc2nc(C3CCN(C(=O)C(C)(C)Oc4ccc(Cl)cc4)CC3)[nH]c2c1. The summed E-state index contributed by atoms with van der Waals surface area (Å²) in [6, 6.07) is 13.4. The summed E-state index contributed by atoms with van der Waals surface area (Å²) in [6.45, 7) is 7.12. The Morgan fingerprint density at radius 2 is 1.86 bits per heavy atom. The number of piperidine rings is 1. The van der Waals surface area contributed by atoms with E-state index in [1.165, 1.54) is 5.56 Å². The van der Waals surface area contributed by atoms with Crippen molar-refractivity contribution in [1.29, 1.82) is 0 Å². The average molecular weight is 412 g/mol. The molecule has 0 saturated carbocycles. The van der Waals surface area contributed by atoms with Gasteiger partial charge in [0.05, 0.1) is 11.0 Å². The van der Waals surface area contributed by atoms with Crippen molar-refractivity contribution in [2.24, 2.45) is 0 Å². The third-order valence-electron chi connectivity index (χ3n) is 5.53. The lowest BCUT2D eigenvalue weighted by atomic mass is 9.94. The summed E-state index contributed by atoms with van der Waals surface area (Å²) in [7, 11) is 0. The number of fused-ring (bicyclic) bond motifs is 1. The highest BCUT2D eigenvalue weighted by molar-refractivity contribution is 6.30. The maximum absolute atomic E-state index is 13.1. The van der Waals surface area contributed by atoms with Crippen LogP contribution in [-0.4, -0.2) is 39.5 Å². The number of aryl methyl sites for hydroxylation is 1. The van der Waals surface area contributed by atoms with E-state index in [9.17, 15) is 4.79 Å². The quantitative estimate of drug-likeness (QED) is 0.650. The first-order chi connectivity index (χ1) is 13.8. The van der Waals surface area contributed by atoms with E-state index in [0.717, 1.165) is 29.7 Å². The number of carbonyl (C=O) groups is 1. The molecule has 1 fully saturated rings. The highest BCUT2D eigenvalue weighted by Crippen LogP contribution is 2.30. The number of amides is 1. The molecule has 1 aliphatic heterocycles. The normalized spacial score (nSPS) is 15.7. The van der Waals surface area contributed by atoms with Gasteiger partial charge in [-0.25, -0.2) is 4.98 Å². The number of hydrogen-bond donors (Lipinski definition) is 1. The Morgan fingerprint density at radius 3 is 2.55 bits per heavy atom. The number of rotatable bonds is 4. The molecule has 0 atom stereocenters. The van der Waals surface area contributed by atoms with E-state index < -0.39 is 5.60 Å². The van der Waals surface area contributed by atoms with Gasteiger partial charge in [0, 0.05) is 24.0 Å². The molecular formula is C23H26ClN3O2. The minimum absolute atomic E-state index is 0.00568. The Kier molecular flexibility index (Phi) is 5.26. The number of imidazole rings is 1. The molecule has 3 aromatic rings. The van der Waals surface area contributed by atoms with Crippen LogP contribution >= 0.6 is 11.6 Å². The molecule has 1 aromatic heterocycles. The van der Waals surface area contributed by atoms with Gasteiger partial charge in [-0.1, -0.05) is 17.7 Å². The zero-order valence-corrected chi connectivity index (χ0v) is 17.8. The Hall–Kier alpha value is -2.53. The summed E-state index contributed by atoms with van der Waals surface area (Å²) in [5, 5.41) is 0.643. The largest absolute Gasteiger partial charge is 0.478 e. The molecule has 0 unspecified atom stereocenters. The third kappa shape index (κ3) is 4.25. The van der Waals surface area contributed by atoms with E-state index >= 15 is 0 Å². The van der Waals surface area contributed by atoms with E-state index in [1.807, 2.05) is 18.7 Å². The predicted octanol–water partition coefficient (Wildman–Crippen LogP) is 5.09. The molecule has 2 aromatic carbocycles. The van der Waals surface area contributed by atoms with Crippen molar-refractivity contribution in [2.45, 2.75) is 45.1 Å². The Morgan fingerprint density at radius 1 is 1.17 bits per heavy atom. The number of ether oxygens (including phenoxy) is 1. The maximum atomic E-state index is 13.1. The van der Waals surface area contributed by atoms with Gasteiger partial charge in [0.15, 0.2) is 5.60 Å². The lowest BCUT2D eigenvalue weighted by Crippen LogP contribution is -2.51. The number of H-pyrrole nitrogens is 1. The molecule has 0 spiro atoms. The van der Waals surface area contributed by atoms with Crippen molar-refractivity contribution in [3.8, 4) is 5.75 Å². The van der Waals surface area contributed by atoms with Gasteiger partial charge >= 0.3 is 0 Å². The number of aromatic nitrogens is 2. The summed E-state index contributed by atoms with van der Waals surface area (Å²) in [4.78, 5) is 23.2. The van der Waals surface area contributed by atoms with Gasteiger partial charge in [0.25, 0.3) is 5.91 Å². The smallest absolute Gasteiger partial charge is 0.266 e. The molecular weight excluding hydrogens is 386 g/mol. The van der Waals surface area contributed by atoms with Gasteiger partial charge in [0.1, 0.15) is 11.6 Å². The van der Waals surface area contributed by atoms with E-state index in [2.05, 4.69) is 30.1 Å². The Balaban J connectivity index is 1.40. The third-order valence-corrected chi connectivity index (χ3v) is 5.78. The molecule has 1 saturated heterocycles. The molecule has 4 rings (SSSR count). The van der Waals surface area contributed by atoms with Crippen LogP contribution in [0.3, 0.4) is 0 Å². The highest BCUT2D eigenvalue weighted by atomic mass is 35.5. The molecule has 0 aliphatic carbocycles. The minimum Gasteiger partial charge on any atom is -0.478 e. The van der Waals surface area contributed by atoms with E-state index in [1.54, 1.807) is 24.3 Å². The summed E-state index contributed by atoms with van der Waals surface area (Å²) in [6.07, 6.45) is 1.78. The molecule has 29 heavy (non-hydrogen) atoms. The van der Waals surface area contributed by atoms with Crippen LogP contribution < -0.4 is 4.74 Å². The van der Waals surface area contributed by atoms with Crippen LogP contribution in [0.1, 0.15) is 44.0 Å². The average Bonchev–Trinajstić information content (AvgIpc) is 3.12. The second-order valence-electron chi connectivity index (χ2n) is 8.28. The fraction of sp³-hybridized carbons (Fsp3) is 0.391. The van der Waals surface area contributed by atoms with E-state index in [0.29, 0.717) is 29.8 Å². The first-order valence-corrected chi connectivity index (χ1v) is 10.4. The second kappa shape index (κ2) is 7.71. The predicted molar refractivity (Wildman–Crippen MR) is 116 cm³/mol. The lowest BCUT2D eigenvalue weighted by Gasteiger charge is -2.36. The number of carbonyl (C=O) groups excluding carboxylic acids is 1. The van der Waals surface area contributed by atoms with Crippen molar-refractivity contribution in [3.63, 3.8) is 0 Å². The molecule has 5 nitrogen and oxygen atoms in total. The van der Waals surface area contributed by atoms with Gasteiger partial charge in [-0.3, -0.25) is 4.79 Å². The van der Waals surface area contributed by atoms with Crippen LogP contribution in [0.2, 0.25) is 5.02 Å². The number of likely N-dealkylation sites (tertiary alicyclic amines) is 1. The zero-order chi connectivity index (χ0) is 20.6. The molecule has 6 heteroatoms. The Bertz CT molecular complexity index is 1020. The van der Waals surface area contributed by atoms with E-state index in [-0.39, 0.29) is 5.91 Å². The number of hydrogen-bond acceptors (Lipinski definition) is 3. The lowest BCUT2D eigenvalue weighted by molar-refractivity contribution is -0.146. The number of nitrogens with zero attached hydrogens (tertiary/aromatic N) is 2. The summed E-state index contributed by atoms with van der Waals surface area (Å²) >= 11 is 5.93. The van der Waals surface area contributed by atoms with Crippen molar-refractivity contribution in [1.82, 2.24) is 14.9 Å². The van der Waals surface area contributed by atoms with Gasteiger partial charge in [-0.05, 0) is 75.6 Å². The van der Waals surface area contributed by atoms with Crippen molar-refractivity contribution < 1.29 is 9.53 Å². The van der Waals surface area contributed by atoms with Crippen LogP contribution in [0.25, 0.3) is 11.0 Å². The van der Waals surface area contributed by atoms with Crippen molar-refractivity contribution in [3.05, 3.63) is 58.9 Å². The molecule has 0 radical (unpaired) electrons. The van der Waals surface area contributed by atoms with Crippen LogP contribution in [0.15, 0.2) is 42.5 Å². The first kappa shape index (κ1) is 19.8. The monoisotopic (exact) mass is 411 g/mol. The highest BCUT2D eigenvalue weighted by Gasteiger charge is 2.36. The topological polar surface area (TPSA) is 58.2 Å². The number of halogens is 1. The molecule has 1 aliphatic rings. The summed E-state index contributed by atoms with van der Waals surface area (Å²) < 4.78 is 5.97. The van der Waals surface area contributed by atoms with Crippen molar-refractivity contribution >= 4 is 28.5 Å². The minimum atomic E-state index is -0.933. The van der Waals surface area contributed by atoms with Gasteiger partial charge in [-0.2, -0.15) is 0 Å². The van der Waals surface area contributed by atoms with Crippen LogP contribution in [-0.2, 0) is 4.79 Å². The second-order valence-corrected chi connectivity index (χ2v) is 8.71.